The number of hydrogen-bond donors (Lipinski definition) is 3. The lowest BCUT2D eigenvalue weighted by molar-refractivity contribution is 0.0572. The van der Waals surface area contributed by atoms with Crippen LogP contribution in [0.3, 0.4) is 0 Å². The van der Waals surface area contributed by atoms with E-state index in [0.717, 1.165) is 0 Å². The van der Waals surface area contributed by atoms with Gasteiger partial charge in [0.15, 0.2) is 5.84 Å². The molecule has 19 heavy (non-hydrogen) atoms. The summed E-state index contributed by atoms with van der Waals surface area (Å²) in [5.41, 5.74) is 5.62. The van der Waals surface area contributed by atoms with Gasteiger partial charge in [0.05, 0.1) is 5.60 Å². The Morgan fingerprint density at radius 3 is 2.74 bits per heavy atom. The lowest BCUT2D eigenvalue weighted by Gasteiger charge is -2.19. The fourth-order valence-electron chi connectivity index (χ4n) is 2.17. The number of hydrogen-bond acceptors (Lipinski definition) is 4. The molecule has 1 aliphatic rings. The monoisotopic (exact) mass is 263 g/mol. The average Bonchev–Trinajstić information content (AvgIpc) is 2.77. The normalized spacial score (nSPS) is 23.7. The van der Waals surface area contributed by atoms with Gasteiger partial charge in [-0.05, 0) is 25.5 Å². The Hall–Kier alpha value is -2.08. The predicted octanol–water partition coefficient (Wildman–Crippen LogP) is 0.378. The van der Waals surface area contributed by atoms with Gasteiger partial charge in [0.1, 0.15) is 0 Å². The molecule has 1 aromatic rings. The summed E-state index contributed by atoms with van der Waals surface area (Å²) >= 11 is 0. The number of nitrogens with two attached hydrogens (primary N) is 1. The van der Waals surface area contributed by atoms with Gasteiger partial charge in [-0.25, -0.2) is 0 Å². The van der Waals surface area contributed by atoms with Crippen molar-refractivity contribution in [3.05, 3.63) is 35.4 Å². The molecule has 1 unspecified atom stereocenters. The van der Waals surface area contributed by atoms with Crippen LogP contribution in [0.2, 0.25) is 0 Å². The topological polar surface area (TPSA) is 99.2 Å². The Balaban J connectivity index is 2.21. The number of nitrogens with zero attached hydrogens (tertiary/aromatic N) is 2. The van der Waals surface area contributed by atoms with Gasteiger partial charge in [0.25, 0.3) is 5.91 Å². The highest BCUT2D eigenvalue weighted by Crippen LogP contribution is 2.22. The lowest BCUT2D eigenvalue weighted by atomic mass is 10.1. The van der Waals surface area contributed by atoms with E-state index in [9.17, 15) is 9.90 Å². The van der Waals surface area contributed by atoms with Crippen molar-refractivity contribution < 1.29 is 15.1 Å². The van der Waals surface area contributed by atoms with Crippen LogP contribution in [0.1, 0.15) is 29.3 Å². The summed E-state index contributed by atoms with van der Waals surface area (Å²) in [5.74, 6) is -0.201. The van der Waals surface area contributed by atoms with E-state index in [-0.39, 0.29) is 11.7 Å². The zero-order valence-electron chi connectivity index (χ0n) is 10.7. The van der Waals surface area contributed by atoms with E-state index in [1.165, 1.54) is 0 Å². The summed E-state index contributed by atoms with van der Waals surface area (Å²) in [4.78, 5) is 13.9. The fourth-order valence-corrected chi connectivity index (χ4v) is 2.17. The van der Waals surface area contributed by atoms with E-state index in [2.05, 4.69) is 5.16 Å². The van der Waals surface area contributed by atoms with Crippen LogP contribution in [0, 0.1) is 0 Å². The molecule has 1 heterocycles. The van der Waals surface area contributed by atoms with E-state index in [1.807, 2.05) is 0 Å². The molecular weight excluding hydrogens is 246 g/mol. The zero-order chi connectivity index (χ0) is 14.0. The molecule has 1 saturated heterocycles. The molecule has 1 atom stereocenters. The maximum atomic E-state index is 12.3. The van der Waals surface area contributed by atoms with Crippen LogP contribution >= 0.6 is 0 Å². The SMILES string of the molecule is CC1(O)CCN(C(=O)c2cccc(/C(N)=N/O)c2)C1. The Labute approximate surface area is 111 Å². The molecule has 0 bridgehead atoms. The molecule has 2 rings (SSSR count). The van der Waals surface area contributed by atoms with Gasteiger partial charge in [0.2, 0.25) is 0 Å². The van der Waals surface area contributed by atoms with Gasteiger partial charge >= 0.3 is 0 Å². The van der Waals surface area contributed by atoms with Crippen molar-refractivity contribution >= 4 is 11.7 Å². The number of amides is 1. The van der Waals surface area contributed by atoms with E-state index in [0.29, 0.717) is 30.6 Å². The van der Waals surface area contributed by atoms with Crippen molar-refractivity contribution in [3.63, 3.8) is 0 Å². The third-order valence-electron chi connectivity index (χ3n) is 3.25. The second kappa shape index (κ2) is 4.89. The molecular formula is C13H17N3O3. The van der Waals surface area contributed by atoms with Crippen LogP contribution in [0.5, 0.6) is 0 Å². The van der Waals surface area contributed by atoms with Gasteiger partial charge in [-0.2, -0.15) is 0 Å². The van der Waals surface area contributed by atoms with Crippen molar-refractivity contribution in [3.8, 4) is 0 Å². The molecule has 4 N–H and O–H groups in total. The van der Waals surface area contributed by atoms with E-state index >= 15 is 0 Å². The molecule has 1 aromatic carbocycles. The molecule has 1 fully saturated rings. The van der Waals surface area contributed by atoms with Gasteiger partial charge in [-0.1, -0.05) is 17.3 Å². The maximum Gasteiger partial charge on any atom is 0.253 e. The lowest BCUT2D eigenvalue weighted by Crippen LogP contribution is -2.34. The largest absolute Gasteiger partial charge is 0.409 e. The third kappa shape index (κ3) is 2.85. The second-order valence-corrected chi connectivity index (χ2v) is 5.04. The number of likely N-dealkylation sites (tertiary alicyclic amines) is 1. The number of rotatable bonds is 2. The zero-order valence-corrected chi connectivity index (χ0v) is 10.7. The highest BCUT2D eigenvalue weighted by atomic mass is 16.4. The minimum atomic E-state index is -0.821. The predicted molar refractivity (Wildman–Crippen MR) is 70.1 cm³/mol. The van der Waals surface area contributed by atoms with Crippen LogP contribution in [0.4, 0.5) is 0 Å². The van der Waals surface area contributed by atoms with E-state index in [1.54, 1.807) is 36.1 Å². The van der Waals surface area contributed by atoms with Crippen LogP contribution in [-0.2, 0) is 0 Å². The second-order valence-electron chi connectivity index (χ2n) is 5.04. The maximum absolute atomic E-state index is 12.3. The van der Waals surface area contributed by atoms with Gasteiger partial charge in [-0.3, -0.25) is 4.79 Å². The quantitative estimate of drug-likeness (QED) is 0.311. The summed E-state index contributed by atoms with van der Waals surface area (Å²) in [6.07, 6.45) is 0.568. The summed E-state index contributed by atoms with van der Waals surface area (Å²) in [7, 11) is 0. The molecule has 0 saturated carbocycles. The van der Waals surface area contributed by atoms with Crippen LogP contribution in [-0.4, -0.2) is 45.6 Å². The van der Waals surface area contributed by atoms with E-state index < -0.39 is 5.60 Å². The summed E-state index contributed by atoms with van der Waals surface area (Å²) in [6, 6.07) is 6.58. The van der Waals surface area contributed by atoms with Crippen molar-refractivity contribution in [2.24, 2.45) is 10.9 Å². The Morgan fingerprint density at radius 1 is 1.47 bits per heavy atom. The molecule has 1 amide bonds. The number of β-amino-alcohol motifs (C(OH)–C–C–N with tert-alkyl or cyclic N) is 1. The molecule has 6 heteroatoms. The van der Waals surface area contributed by atoms with Gasteiger partial charge < -0.3 is 20.9 Å². The minimum Gasteiger partial charge on any atom is -0.409 e. The first-order valence-corrected chi connectivity index (χ1v) is 6.02. The number of benzene rings is 1. The minimum absolute atomic E-state index is 0.0388. The Kier molecular flexibility index (Phi) is 3.44. The summed E-state index contributed by atoms with van der Waals surface area (Å²) in [6.45, 7) is 2.56. The van der Waals surface area contributed by atoms with Crippen LogP contribution in [0.15, 0.2) is 29.4 Å². The van der Waals surface area contributed by atoms with Gasteiger partial charge in [-0.15, -0.1) is 0 Å². The number of oxime groups is 1. The number of carbonyl (C=O) groups excluding carboxylic acids is 1. The van der Waals surface area contributed by atoms with Crippen molar-refractivity contribution in [1.29, 1.82) is 0 Å². The first-order valence-electron chi connectivity index (χ1n) is 6.02. The average molecular weight is 263 g/mol. The highest BCUT2D eigenvalue weighted by molar-refractivity contribution is 6.01. The molecule has 0 radical (unpaired) electrons. The fraction of sp³-hybridized carbons (Fsp3) is 0.385. The smallest absolute Gasteiger partial charge is 0.253 e. The van der Waals surface area contributed by atoms with Gasteiger partial charge in [0, 0.05) is 24.2 Å². The first-order chi connectivity index (χ1) is 8.93. The molecule has 0 spiro atoms. The first kappa shape index (κ1) is 13.4. The summed E-state index contributed by atoms with van der Waals surface area (Å²) < 4.78 is 0. The van der Waals surface area contributed by atoms with E-state index in [4.69, 9.17) is 10.9 Å². The number of carbonyl (C=O) groups is 1. The molecule has 1 aliphatic heterocycles. The van der Waals surface area contributed by atoms with Crippen molar-refractivity contribution in [2.75, 3.05) is 13.1 Å². The highest BCUT2D eigenvalue weighted by Gasteiger charge is 2.34. The van der Waals surface area contributed by atoms with Crippen molar-refractivity contribution in [2.45, 2.75) is 18.9 Å². The number of aliphatic hydroxyl groups is 1. The standard InChI is InChI=1S/C13H17N3O3/c1-13(18)5-6-16(8-13)12(17)10-4-2-3-9(7-10)11(14)15-19/h2-4,7,18-19H,5-6,8H2,1H3,(H2,14,15). The van der Waals surface area contributed by atoms with Crippen LogP contribution in [0.25, 0.3) is 0 Å². The molecule has 6 nitrogen and oxygen atoms in total. The molecule has 102 valence electrons. The van der Waals surface area contributed by atoms with Crippen molar-refractivity contribution in [1.82, 2.24) is 4.90 Å². The summed E-state index contributed by atoms with van der Waals surface area (Å²) in [5, 5.41) is 21.4. The Bertz CT molecular complexity index is 526. The Morgan fingerprint density at radius 2 is 2.16 bits per heavy atom. The number of amidine groups is 1. The van der Waals surface area contributed by atoms with Crippen LogP contribution < -0.4 is 5.73 Å². The third-order valence-corrected chi connectivity index (χ3v) is 3.25. The molecule has 0 aliphatic carbocycles. The molecule has 0 aromatic heterocycles.